The van der Waals surface area contributed by atoms with Crippen LogP contribution in [0, 0.1) is 6.92 Å². The van der Waals surface area contributed by atoms with Gasteiger partial charge in [-0.1, -0.05) is 42.0 Å². The number of hydrogen-bond donors (Lipinski definition) is 2. The van der Waals surface area contributed by atoms with Crippen molar-refractivity contribution in [2.75, 3.05) is 13.1 Å². The van der Waals surface area contributed by atoms with Gasteiger partial charge in [0.25, 0.3) is 5.91 Å². The van der Waals surface area contributed by atoms with Crippen LogP contribution in [0.1, 0.15) is 66.6 Å². The Morgan fingerprint density at radius 1 is 1.08 bits per heavy atom. The predicted molar refractivity (Wildman–Crippen MR) is 141 cm³/mol. The second-order valence-corrected chi connectivity index (χ2v) is 10.4. The summed E-state index contributed by atoms with van der Waals surface area (Å²) in [6.07, 6.45) is -0.423. The van der Waals surface area contributed by atoms with E-state index in [-0.39, 0.29) is 17.7 Å². The van der Waals surface area contributed by atoms with Crippen molar-refractivity contribution in [3.05, 3.63) is 71.4 Å². The minimum atomic E-state index is -0.962. The third-order valence-electron chi connectivity index (χ3n) is 6.73. The number of hydrogen-bond acceptors (Lipinski definition) is 3. The second kappa shape index (κ2) is 9.64. The molecule has 1 aliphatic rings. The monoisotopic (exact) mass is 487 g/mol. The van der Waals surface area contributed by atoms with E-state index in [1.165, 1.54) is 11.8 Å². The van der Waals surface area contributed by atoms with Crippen molar-refractivity contribution in [1.82, 2.24) is 14.8 Å². The van der Waals surface area contributed by atoms with Crippen LogP contribution in [0.2, 0.25) is 0 Å². The third-order valence-corrected chi connectivity index (χ3v) is 6.73. The molecule has 1 aromatic heterocycles. The lowest BCUT2D eigenvalue weighted by Gasteiger charge is -2.36. The number of rotatable bonds is 6. The number of nitrogens with one attached hydrogen (secondary N) is 1. The zero-order valence-corrected chi connectivity index (χ0v) is 21.5. The Hall–Kier alpha value is -3.87. The van der Waals surface area contributed by atoms with Crippen molar-refractivity contribution >= 4 is 17.8 Å². The minimum Gasteiger partial charge on any atom is -0.465 e. The zero-order chi connectivity index (χ0) is 26.2. The fourth-order valence-electron chi connectivity index (χ4n) is 4.91. The Labute approximate surface area is 211 Å². The van der Waals surface area contributed by atoms with E-state index in [9.17, 15) is 19.5 Å². The zero-order valence-electron chi connectivity index (χ0n) is 21.5. The maximum absolute atomic E-state index is 13.0. The first kappa shape index (κ1) is 25.2. The van der Waals surface area contributed by atoms with Gasteiger partial charge < -0.3 is 19.9 Å². The van der Waals surface area contributed by atoms with Gasteiger partial charge in [0, 0.05) is 29.8 Å². The summed E-state index contributed by atoms with van der Waals surface area (Å²) < 4.78 is 2.06. The molecule has 0 saturated heterocycles. The highest BCUT2D eigenvalue weighted by Crippen LogP contribution is 2.40. The van der Waals surface area contributed by atoms with Crippen molar-refractivity contribution in [2.45, 2.75) is 52.6 Å². The van der Waals surface area contributed by atoms with Gasteiger partial charge in [-0.15, -0.1) is 0 Å². The van der Waals surface area contributed by atoms with E-state index in [1.54, 1.807) is 6.07 Å². The molecule has 0 bridgehead atoms. The molecular formula is C29H33N3O4. The van der Waals surface area contributed by atoms with Crippen molar-refractivity contribution in [1.29, 1.82) is 0 Å². The molecule has 3 aromatic rings. The molecule has 0 aliphatic carbocycles. The third kappa shape index (κ3) is 4.91. The number of aromatic nitrogens is 1. The summed E-state index contributed by atoms with van der Waals surface area (Å²) in [5.74, 6) is -0.190. The number of carbonyl (C=O) groups excluding carboxylic acids is 2. The van der Waals surface area contributed by atoms with Crippen LogP contribution < -0.4 is 5.32 Å². The van der Waals surface area contributed by atoms with Gasteiger partial charge in [0.05, 0.1) is 11.7 Å². The largest absolute Gasteiger partial charge is 0.465 e. The molecule has 1 atom stereocenters. The number of Topliss-reactive ketones (excluding diaryl/α,β-unsaturated/α-hetero) is 1. The molecule has 36 heavy (non-hydrogen) atoms. The quantitative estimate of drug-likeness (QED) is 0.431. The highest BCUT2D eigenvalue weighted by Gasteiger charge is 2.33. The lowest BCUT2D eigenvalue weighted by Crippen LogP contribution is -2.47. The predicted octanol–water partition coefficient (Wildman–Crippen LogP) is 5.79. The van der Waals surface area contributed by atoms with Crippen molar-refractivity contribution in [3.8, 4) is 22.4 Å². The minimum absolute atomic E-state index is 0.0236. The molecule has 2 amide bonds. The average Bonchev–Trinajstić information content (AvgIpc) is 3.21. The van der Waals surface area contributed by atoms with Gasteiger partial charge in [0.15, 0.2) is 5.78 Å². The molecule has 7 heteroatoms. The number of carbonyl (C=O) groups is 3. The van der Waals surface area contributed by atoms with Gasteiger partial charge >= 0.3 is 6.09 Å². The number of ketones is 1. The fraction of sp³-hybridized carbons (Fsp3) is 0.345. The van der Waals surface area contributed by atoms with E-state index in [0.717, 1.165) is 27.9 Å². The van der Waals surface area contributed by atoms with E-state index >= 15 is 0 Å². The molecule has 0 spiro atoms. The molecule has 4 rings (SSSR count). The molecule has 2 aromatic carbocycles. The Balaban J connectivity index is 1.88. The number of carboxylic acid groups (broad SMARTS) is 1. The second-order valence-electron chi connectivity index (χ2n) is 10.4. The molecule has 1 unspecified atom stereocenters. The number of amides is 2. The Kier molecular flexibility index (Phi) is 6.76. The molecule has 0 fully saturated rings. The first-order valence-corrected chi connectivity index (χ1v) is 12.2. The molecular weight excluding hydrogens is 454 g/mol. The lowest BCUT2D eigenvalue weighted by molar-refractivity contribution is 0.0868. The van der Waals surface area contributed by atoms with Crippen LogP contribution in [0.15, 0.2) is 54.6 Å². The average molecular weight is 488 g/mol. The molecule has 188 valence electrons. The highest BCUT2D eigenvalue weighted by molar-refractivity contribution is 6.00. The van der Waals surface area contributed by atoms with Crippen LogP contribution >= 0.6 is 0 Å². The molecule has 0 radical (unpaired) electrons. The van der Waals surface area contributed by atoms with Crippen LogP contribution in [0.25, 0.3) is 22.4 Å². The van der Waals surface area contributed by atoms with E-state index in [1.807, 2.05) is 70.2 Å². The van der Waals surface area contributed by atoms with Gasteiger partial charge in [-0.25, -0.2) is 4.79 Å². The number of benzene rings is 2. The molecule has 2 heterocycles. The number of nitrogens with zero attached hydrogens (tertiary/aromatic N) is 2. The summed E-state index contributed by atoms with van der Waals surface area (Å²) in [5, 5.41) is 12.8. The van der Waals surface area contributed by atoms with Crippen LogP contribution in [0.3, 0.4) is 0 Å². The standard InChI is InChI=1S/C29H33N3O4/c1-18-8-6-11-22(14-18)26-24(21-10-7-9-20(15-21)19(2)33)16-25-27(34)30-17-23(32(25)26)12-13-31(28(35)36)29(3,4)5/h6-11,14-16,23H,12-13,17H2,1-5H3,(H,30,34)(H,35,36). The van der Waals surface area contributed by atoms with Crippen LogP contribution in [-0.2, 0) is 0 Å². The summed E-state index contributed by atoms with van der Waals surface area (Å²) >= 11 is 0. The fourth-order valence-corrected chi connectivity index (χ4v) is 4.91. The number of fused-ring (bicyclic) bond motifs is 1. The van der Waals surface area contributed by atoms with E-state index < -0.39 is 11.6 Å². The van der Waals surface area contributed by atoms with Gasteiger partial charge in [-0.05, 0) is 70.4 Å². The molecule has 0 saturated carbocycles. The van der Waals surface area contributed by atoms with E-state index in [0.29, 0.717) is 30.8 Å². The highest BCUT2D eigenvalue weighted by atomic mass is 16.4. The molecule has 7 nitrogen and oxygen atoms in total. The SMILES string of the molecule is CC(=O)c1cccc(-c2cc3n(c2-c2cccc(C)c2)C(CCN(C(=O)O)C(C)(C)C)CNC3=O)c1. The van der Waals surface area contributed by atoms with Gasteiger partial charge in [-0.3, -0.25) is 9.59 Å². The summed E-state index contributed by atoms with van der Waals surface area (Å²) in [6.45, 7) is 9.94. The Bertz CT molecular complexity index is 1330. The maximum atomic E-state index is 13.0. The normalized spacial score (nSPS) is 15.2. The van der Waals surface area contributed by atoms with Gasteiger partial charge in [-0.2, -0.15) is 0 Å². The van der Waals surface area contributed by atoms with Gasteiger partial charge in [0.2, 0.25) is 0 Å². The summed E-state index contributed by atoms with van der Waals surface area (Å²) in [5.41, 5.74) is 5.27. The van der Waals surface area contributed by atoms with Crippen LogP contribution in [0.4, 0.5) is 4.79 Å². The lowest BCUT2D eigenvalue weighted by atomic mass is 9.97. The topological polar surface area (TPSA) is 91.6 Å². The van der Waals surface area contributed by atoms with Crippen molar-refractivity contribution < 1.29 is 19.5 Å². The molecule has 1 aliphatic heterocycles. The molecule has 2 N–H and O–H groups in total. The van der Waals surface area contributed by atoms with Crippen LogP contribution in [0.5, 0.6) is 0 Å². The van der Waals surface area contributed by atoms with Gasteiger partial charge in [0.1, 0.15) is 5.69 Å². The van der Waals surface area contributed by atoms with Crippen LogP contribution in [-0.4, -0.2) is 51.0 Å². The Morgan fingerprint density at radius 3 is 2.42 bits per heavy atom. The van der Waals surface area contributed by atoms with Crippen molar-refractivity contribution in [3.63, 3.8) is 0 Å². The van der Waals surface area contributed by atoms with Crippen molar-refractivity contribution in [2.24, 2.45) is 0 Å². The maximum Gasteiger partial charge on any atom is 0.407 e. The smallest absolute Gasteiger partial charge is 0.407 e. The summed E-state index contributed by atoms with van der Waals surface area (Å²) in [6, 6.07) is 17.3. The van der Waals surface area contributed by atoms with E-state index in [4.69, 9.17) is 0 Å². The Morgan fingerprint density at radius 2 is 1.78 bits per heavy atom. The van der Waals surface area contributed by atoms with E-state index in [2.05, 4.69) is 16.0 Å². The first-order valence-electron chi connectivity index (χ1n) is 12.2. The first-order chi connectivity index (χ1) is 17.0. The summed E-state index contributed by atoms with van der Waals surface area (Å²) in [4.78, 5) is 38.5. The number of aryl methyl sites for hydroxylation is 1. The summed E-state index contributed by atoms with van der Waals surface area (Å²) in [7, 11) is 0.